The smallest absolute Gasteiger partial charge is 0.243 e. The summed E-state index contributed by atoms with van der Waals surface area (Å²) in [7, 11) is 0. The lowest BCUT2D eigenvalue weighted by molar-refractivity contribution is -0.140. The van der Waals surface area contributed by atoms with Crippen molar-refractivity contribution in [2.24, 2.45) is 0 Å². The van der Waals surface area contributed by atoms with Crippen LogP contribution < -0.4 is 5.32 Å². The van der Waals surface area contributed by atoms with Gasteiger partial charge in [0.2, 0.25) is 17.7 Å². The second-order valence-corrected chi connectivity index (χ2v) is 8.77. The van der Waals surface area contributed by atoms with E-state index in [0.717, 1.165) is 16.7 Å². The lowest BCUT2D eigenvalue weighted by atomic mass is 10.00. The molecule has 0 saturated carbocycles. The molecule has 0 aliphatic carbocycles. The van der Waals surface area contributed by atoms with Crippen LogP contribution in [-0.2, 0) is 27.3 Å². The molecule has 6 nitrogen and oxygen atoms in total. The minimum absolute atomic E-state index is 0.0139. The Morgan fingerprint density at radius 2 is 1.66 bits per heavy atom. The first-order valence-corrected chi connectivity index (χ1v) is 11.5. The molecule has 2 fully saturated rings. The molecule has 0 spiro atoms. The summed E-state index contributed by atoms with van der Waals surface area (Å²) in [6.07, 6.45) is 2.81. The van der Waals surface area contributed by atoms with E-state index < -0.39 is 6.04 Å². The first-order valence-electron chi connectivity index (χ1n) is 11.5. The van der Waals surface area contributed by atoms with Gasteiger partial charge < -0.3 is 15.1 Å². The SMILES string of the molecule is Cc1ccccc1CC(=O)N1CCC(N2C(=O)CCC2C(=O)NCc2ccccc2)CC1. The zero-order valence-corrected chi connectivity index (χ0v) is 18.6. The topological polar surface area (TPSA) is 69.7 Å². The molecule has 0 aromatic heterocycles. The number of carbonyl (C=O) groups is 3. The quantitative estimate of drug-likeness (QED) is 0.762. The van der Waals surface area contributed by atoms with Crippen molar-refractivity contribution in [3.63, 3.8) is 0 Å². The van der Waals surface area contributed by atoms with Gasteiger partial charge in [0.25, 0.3) is 0 Å². The van der Waals surface area contributed by atoms with E-state index in [9.17, 15) is 14.4 Å². The molecule has 1 atom stereocenters. The molecule has 3 amide bonds. The summed E-state index contributed by atoms with van der Waals surface area (Å²) < 4.78 is 0. The fourth-order valence-electron chi connectivity index (χ4n) is 4.80. The maximum Gasteiger partial charge on any atom is 0.243 e. The van der Waals surface area contributed by atoms with Crippen molar-refractivity contribution in [1.29, 1.82) is 0 Å². The Kier molecular flexibility index (Phi) is 6.88. The van der Waals surface area contributed by atoms with E-state index in [1.165, 1.54) is 0 Å². The van der Waals surface area contributed by atoms with Crippen LogP contribution in [0, 0.1) is 6.92 Å². The number of nitrogens with one attached hydrogen (secondary N) is 1. The Morgan fingerprint density at radius 3 is 2.38 bits per heavy atom. The fraction of sp³-hybridized carbons (Fsp3) is 0.423. The monoisotopic (exact) mass is 433 g/mol. The Morgan fingerprint density at radius 1 is 0.969 bits per heavy atom. The summed E-state index contributed by atoms with van der Waals surface area (Å²) in [6.45, 7) is 3.73. The maximum absolute atomic E-state index is 12.9. The highest BCUT2D eigenvalue weighted by molar-refractivity contribution is 5.91. The van der Waals surface area contributed by atoms with Crippen LogP contribution in [0.4, 0.5) is 0 Å². The highest BCUT2D eigenvalue weighted by Crippen LogP contribution is 2.27. The maximum atomic E-state index is 12.9. The second-order valence-electron chi connectivity index (χ2n) is 8.77. The van der Waals surface area contributed by atoms with Gasteiger partial charge >= 0.3 is 0 Å². The second kappa shape index (κ2) is 9.98. The first-order chi connectivity index (χ1) is 15.5. The zero-order valence-electron chi connectivity index (χ0n) is 18.6. The molecular formula is C26H31N3O3. The van der Waals surface area contributed by atoms with E-state index in [0.29, 0.717) is 51.7 Å². The number of likely N-dealkylation sites (tertiary alicyclic amines) is 2. The molecule has 6 heteroatoms. The van der Waals surface area contributed by atoms with E-state index in [2.05, 4.69) is 5.32 Å². The average molecular weight is 434 g/mol. The highest BCUT2D eigenvalue weighted by atomic mass is 16.2. The number of aryl methyl sites for hydroxylation is 1. The summed E-state index contributed by atoms with van der Waals surface area (Å²) in [5, 5.41) is 2.99. The normalized spacial score (nSPS) is 19.3. The average Bonchev–Trinajstić information content (AvgIpc) is 3.21. The van der Waals surface area contributed by atoms with Gasteiger partial charge in [0.1, 0.15) is 6.04 Å². The Hall–Kier alpha value is -3.15. The Labute approximate surface area is 189 Å². The minimum atomic E-state index is -0.412. The minimum Gasteiger partial charge on any atom is -0.350 e. The number of benzene rings is 2. The van der Waals surface area contributed by atoms with Crippen LogP contribution in [0.2, 0.25) is 0 Å². The molecule has 1 unspecified atom stereocenters. The lowest BCUT2D eigenvalue weighted by Crippen LogP contribution is -2.53. The van der Waals surface area contributed by atoms with Crippen LogP contribution >= 0.6 is 0 Å². The van der Waals surface area contributed by atoms with Gasteiger partial charge in [-0.2, -0.15) is 0 Å². The molecule has 1 N–H and O–H groups in total. The third-order valence-electron chi connectivity index (χ3n) is 6.68. The molecule has 32 heavy (non-hydrogen) atoms. The standard InChI is InChI=1S/C26H31N3O3/c1-19-7-5-6-10-21(19)17-25(31)28-15-13-22(14-16-28)29-23(11-12-24(29)30)26(32)27-18-20-8-3-2-4-9-20/h2-10,22-23H,11-18H2,1H3,(H,27,32). The molecule has 2 heterocycles. The van der Waals surface area contributed by atoms with Crippen LogP contribution in [0.25, 0.3) is 0 Å². The predicted molar refractivity (Wildman–Crippen MR) is 123 cm³/mol. The largest absolute Gasteiger partial charge is 0.350 e. The summed E-state index contributed by atoms with van der Waals surface area (Å²) >= 11 is 0. The van der Waals surface area contributed by atoms with E-state index in [4.69, 9.17) is 0 Å². The zero-order chi connectivity index (χ0) is 22.5. The van der Waals surface area contributed by atoms with E-state index >= 15 is 0 Å². The molecule has 2 saturated heterocycles. The van der Waals surface area contributed by atoms with E-state index in [-0.39, 0.29) is 23.8 Å². The molecule has 4 rings (SSSR count). The molecule has 2 aliphatic heterocycles. The summed E-state index contributed by atoms with van der Waals surface area (Å²) in [5.74, 6) is 0.0926. The van der Waals surface area contributed by atoms with Crippen molar-refractivity contribution >= 4 is 17.7 Å². The van der Waals surface area contributed by atoms with Crippen molar-refractivity contribution in [2.75, 3.05) is 13.1 Å². The predicted octanol–water partition coefficient (Wildman–Crippen LogP) is 2.84. The lowest BCUT2D eigenvalue weighted by Gasteiger charge is -2.39. The van der Waals surface area contributed by atoms with Crippen LogP contribution in [0.15, 0.2) is 54.6 Å². The van der Waals surface area contributed by atoms with Crippen molar-refractivity contribution in [2.45, 2.75) is 57.7 Å². The third kappa shape index (κ3) is 5.01. The van der Waals surface area contributed by atoms with E-state index in [1.54, 1.807) is 4.90 Å². The molecule has 168 valence electrons. The Balaban J connectivity index is 1.32. The van der Waals surface area contributed by atoms with Crippen molar-refractivity contribution in [1.82, 2.24) is 15.1 Å². The summed E-state index contributed by atoms with van der Waals surface area (Å²) in [6, 6.07) is 17.4. The number of hydrogen-bond donors (Lipinski definition) is 1. The third-order valence-corrected chi connectivity index (χ3v) is 6.68. The molecule has 2 aromatic carbocycles. The van der Waals surface area contributed by atoms with Crippen molar-refractivity contribution < 1.29 is 14.4 Å². The molecule has 2 aromatic rings. The van der Waals surface area contributed by atoms with E-state index in [1.807, 2.05) is 66.4 Å². The van der Waals surface area contributed by atoms with Crippen LogP contribution in [-0.4, -0.2) is 52.7 Å². The van der Waals surface area contributed by atoms with Gasteiger partial charge in [-0.25, -0.2) is 0 Å². The van der Waals surface area contributed by atoms with Gasteiger partial charge in [-0.15, -0.1) is 0 Å². The van der Waals surface area contributed by atoms with Crippen molar-refractivity contribution in [3.8, 4) is 0 Å². The summed E-state index contributed by atoms with van der Waals surface area (Å²) in [4.78, 5) is 42.0. The van der Waals surface area contributed by atoms with Crippen LogP contribution in [0.1, 0.15) is 42.4 Å². The van der Waals surface area contributed by atoms with Crippen molar-refractivity contribution in [3.05, 3.63) is 71.3 Å². The number of hydrogen-bond acceptors (Lipinski definition) is 3. The Bertz CT molecular complexity index is 967. The van der Waals surface area contributed by atoms with Gasteiger partial charge in [-0.3, -0.25) is 14.4 Å². The van der Waals surface area contributed by atoms with Gasteiger partial charge in [-0.05, 0) is 42.9 Å². The van der Waals surface area contributed by atoms with Gasteiger partial charge in [0.05, 0.1) is 6.42 Å². The van der Waals surface area contributed by atoms with Gasteiger partial charge in [0, 0.05) is 32.1 Å². The number of piperidine rings is 1. The fourth-order valence-corrected chi connectivity index (χ4v) is 4.80. The van der Waals surface area contributed by atoms with Gasteiger partial charge in [-0.1, -0.05) is 54.6 Å². The number of rotatable bonds is 6. The summed E-state index contributed by atoms with van der Waals surface area (Å²) in [5.41, 5.74) is 3.23. The molecular weight excluding hydrogens is 402 g/mol. The molecule has 0 bridgehead atoms. The van der Waals surface area contributed by atoms with Gasteiger partial charge in [0.15, 0.2) is 0 Å². The van der Waals surface area contributed by atoms with Crippen LogP contribution in [0.5, 0.6) is 0 Å². The molecule has 0 radical (unpaired) electrons. The molecule has 2 aliphatic rings. The number of carbonyl (C=O) groups excluding carboxylic acids is 3. The number of nitrogens with zero attached hydrogens (tertiary/aromatic N) is 2. The number of amides is 3. The van der Waals surface area contributed by atoms with Crippen LogP contribution in [0.3, 0.4) is 0 Å². The highest BCUT2D eigenvalue weighted by Gasteiger charge is 2.41. The first kappa shape index (κ1) is 22.1.